The number of nitrogens with zero attached hydrogens (tertiary/aromatic N) is 1. The molecule has 1 aromatic heterocycles. The summed E-state index contributed by atoms with van der Waals surface area (Å²) < 4.78 is 7.38. The van der Waals surface area contributed by atoms with Gasteiger partial charge in [0, 0.05) is 35.5 Å². The Balaban J connectivity index is 2.24. The fourth-order valence-corrected chi connectivity index (χ4v) is 2.17. The van der Waals surface area contributed by atoms with E-state index >= 15 is 0 Å². The molecule has 0 unspecified atom stereocenters. The van der Waals surface area contributed by atoms with Gasteiger partial charge in [0.25, 0.3) is 0 Å². The van der Waals surface area contributed by atoms with Gasteiger partial charge in [-0.2, -0.15) is 0 Å². The highest BCUT2D eigenvalue weighted by Gasteiger charge is 2.08. The molecule has 0 spiro atoms. The molecule has 5 heteroatoms. The minimum absolute atomic E-state index is 0.0173. The Bertz CT molecular complexity index is 643. The molecule has 98 valence electrons. The topological polar surface area (TPSA) is 48.3 Å². The van der Waals surface area contributed by atoms with Gasteiger partial charge in [0.15, 0.2) is 5.43 Å². The molecule has 0 N–H and O–H groups in total. The molecule has 1 aromatic carbocycles. The highest BCUT2D eigenvalue weighted by atomic mass is 79.9. The predicted molar refractivity (Wildman–Crippen MR) is 75.3 cm³/mol. The van der Waals surface area contributed by atoms with Crippen LogP contribution in [0.3, 0.4) is 0 Å². The summed E-state index contributed by atoms with van der Waals surface area (Å²) in [5.74, 6) is -0.365. The second-order valence-corrected chi connectivity index (χ2v) is 4.86. The maximum absolute atomic E-state index is 11.4. The smallest absolute Gasteiger partial charge is 0.337 e. The standard InChI is InChI=1S/C14H12BrNO3/c1-19-14(18)10-2-3-11(13(15)8-10)9-16-6-4-12(17)5-7-16/h2-8H,9H2,1H3. The van der Waals surface area contributed by atoms with Crippen molar-refractivity contribution in [2.45, 2.75) is 6.54 Å². The number of halogens is 1. The summed E-state index contributed by atoms with van der Waals surface area (Å²) in [7, 11) is 1.35. The Morgan fingerprint density at radius 1 is 1.26 bits per heavy atom. The molecule has 0 bridgehead atoms. The Morgan fingerprint density at radius 3 is 2.53 bits per heavy atom. The third kappa shape index (κ3) is 3.32. The number of benzene rings is 1. The van der Waals surface area contributed by atoms with Crippen LogP contribution >= 0.6 is 15.9 Å². The first kappa shape index (κ1) is 13.5. The lowest BCUT2D eigenvalue weighted by atomic mass is 10.1. The van der Waals surface area contributed by atoms with Crippen LogP contribution in [-0.2, 0) is 11.3 Å². The van der Waals surface area contributed by atoms with E-state index in [1.807, 2.05) is 10.6 Å². The number of esters is 1. The van der Waals surface area contributed by atoms with E-state index in [9.17, 15) is 9.59 Å². The van der Waals surface area contributed by atoms with E-state index in [0.29, 0.717) is 12.1 Å². The number of methoxy groups -OCH3 is 1. The Labute approximate surface area is 118 Å². The van der Waals surface area contributed by atoms with Gasteiger partial charge in [-0.25, -0.2) is 4.79 Å². The van der Waals surface area contributed by atoms with Crippen molar-refractivity contribution in [3.05, 3.63) is 68.5 Å². The summed E-state index contributed by atoms with van der Waals surface area (Å²) >= 11 is 3.43. The Hall–Kier alpha value is -1.88. The summed E-state index contributed by atoms with van der Waals surface area (Å²) in [5, 5.41) is 0. The predicted octanol–water partition coefficient (Wildman–Crippen LogP) is 2.45. The normalized spacial score (nSPS) is 10.2. The van der Waals surface area contributed by atoms with E-state index in [1.165, 1.54) is 19.2 Å². The molecule has 0 amide bonds. The van der Waals surface area contributed by atoms with Crippen LogP contribution in [0.15, 0.2) is 52.0 Å². The fraction of sp³-hybridized carbons (Fsp3) is 0.143. The van der Waals surface area contributed by atoms with Gasteiger partial charge in [-0.05, 0) is 17.7 Å². The summed E-state index contributed by atoms with van der Waals surface area (Å²) in [6.07, 6.45) is 3.45. The van der Waals surface area contributed by atoms with Gasteiger partial charge in [0.1, 0.15) is 0 Å². The molecule has 0 saturated heterocycles. The fourth-order valence-electron chi connectivity index (χ4n) is 1.67. The quantitative estimate of drug-likeness (QED) is 0.816. The zero-order chi connectivity index (χ0) is 13.8. The van der Waals surface area contributed by atoms with Gasteiger partial charge >= 0.3 is 5.97 Å². The number of rotatable bonds is 3. The molecule has 0 atom stereocenters. The van der Waals surface area contributed by atoms with Crippen LogP contribution < -0.4 is 5.43 Å². The average Bonchev–Trinajstić information content (AvgIpc) is 2.42. The molecule has 0 aliphatic carbocycles. The maximum atomic E-state index is 11.4. The second-order valence-electron chi connectivity index (χ2n) is 4.00. The lowest BCUT2D eigenvalue weighted by Gasteiger charge is -2.09. The van der Waals surface area contributed by atoms with Crippen molar-refractivity contribution in [3.8, 4) is 0 Å². The minimum atomic E-state index is -0.365. The van der Waals surface area contributed by atoms with Crippen LogP contribution in [0, 0.1) is 0 Å². The second kappa shape index (κ2) is 5.84. The van der Waals surface area contributed by atoms with Crippen molar-refractivity contribution in [2.75, 3.05) is 7.11 Å². The molecule has 0 aliphatic rings. The lowest BCUT2D eigenvalue weighted by molar-refractivity contribution is 0.0600. The molecule has 0 radical (unpaired) electrons. The van der Waals surface area contributed by atoms with Gasteiger partial charge in [-0.15, -0.1) is 0 Å². The van der Waals surface area contributed by atoms with Crippen molar-refractivity contribution < 1.29 is 9.53 Å². The first-order valence-corrected chi connectivity index (χ1v) is 6.42. The molecule has 2 aromatic rings. The van der Waals surface area contributed by atoms with E-state index < -0.39 is 0 Å². The molecule has 0 aliphatic heterocycles. The number of hydrogen-bond donors (Lipinski definition) is 0. The summed E-state index contributed by atoms with van der Waals surface area (Å²) in [6, 6.07) is 8.32. The van der Waals surface area contributed by atoms with Crippen LogP contribution in [0.4, 0.5) is 0 Å². The van der Waals surface area contributed by atoms with Crippen LogP contribution in [0.25, 0.3) is 0 Å². The summed E-state index contributed by atoms with van der Waals surface area (Å²) in [6.45, 7) is 0.613. The molecule has 4 nitrogen and oxygen atoms in total. The first-order chi connectivity index (χ1) is 9.10. The van der Waals surface area contributed by atoms with E-state index in [1.54, 1.807) is 24.5 Å². The number of pyridine rings is 1. The van der Waals surface area contributed by atoms with Crippen molar-refractivity contribution in [2.24, 2.45) is 0 Å². The molecule has 0 saturated carbocycles. The Morgan fingerprint density at radius 2 is 1.95 bits per heavy atom. The van der Waals surface area contributed by atoms with E-state index in [0.717, 1.165) is 10.0 Å². The molecule has 19 heavy (non-hydrogen) atoms. The number of carbonyl (C=O) groups excluding carboxylic acids is 1. The highest BCUT2D eigenvalue weighted by Crippen LogP contribution is 2.20. The first-order valence-electron chi connectivity index (χ1n) is 5.63. The van der Waals surface area contributed by atoms with Gasteiger partial charge in [0.2, 0.25) is 0 Å². The van der Waals surface area contributed by atoms with Crippen molar-refractivity contribution in [1.82, 2.24) is 4.57 Å². The summed E-state index contributed by atoms with van der Waals surface area (Å²) in [4.78, 5) is 22.4. The highest BCUT2D eigenvalue weighted by molar-refractivity contribution is 9.10. The average molecular weight is 322 g/mol. The van der Waals surface area contributed by atoms with Gasteiger partial charge in [0.05, 0.1) is 12.7 Å². The largest absolute Gasteiger partial charge is 0.465 e. The van der Waals surface area contributed by atoms with Crippen molar-refractivity contribution in [3.63, 3.8) is 0 Å². The molecule has 2 rings (SSSR count). The zero-order valence-electron chi connectivity index (χ0n) is 10.3. The van der Waals surface area contributed by atoms with E-state index in [4.69, 9.17) is 0 Å². The van der Waals surface area contributed by atoms with Crippen molar-refractivity contribution >= 4 is 21.9 Å². The van der Waals surface area contributed by atoms with Crippen LogP contribution in [0.5, 0.6) is 0 Å². The molecular weight excluding hydrogens is 310 g/mol. The molecule has 1 heterocycles. The Kier molecular flexibility index (Phi) is 4.16. The lowest BCUT2D eigenvalue weighted by Crippen LogP contribution is -2.06. The molecular formula is C14H12BrNO3. The van der Waals surface area contributed by atoms with Crippen molar-refractivity contribution in [1.29, 1.82) is 0 Å². The monoisotopic (exact) mass is 321 g/mol. The third-order valence-electron chi connectivity index (χ3n) is 2.69. The number of aromatic nitrogens is 1. The minimum Gasteiger partial charge on any atom is -0.465 e. The van der Waals surface area contributed by atoms with Gasteiger partial charge in [-0.3, -0.25) is 4.79 Å². The van der Waals surface area contributed by atoms with Crippen LogP contribution in [-0.4, -0.2) is 17.6 Å². The third-order valence-corrected chi connectivity index (χ3v) is 3.43. The van der Waals surface area contributed by atoms with E-state index in [2.05, 4.69) is 20.7 Å². The summed E-state index contributed by atoms with van der Waals surface area (Å²) in [5.41, 5.74) is 1.49. The SMILES string of the molecule is COC(=O)c1ccc(Cn2ccc(=O)cc2)c(Br)c1. The van der Waals surface area contributed by atoms with Crippen LogP contribution in [0.2, 0.25) is 0 Å². The number of hydrogen-bond acceptors (Lipinski definition) is 3. The number of ether oxygens (including phenoxy) is 1. The maximum Gasteiger partial charge on any atom is 0.337 e. The van der Waals surface area contributed by atoms with Gasteiger partial charge < -0.3 is 9.30 Å². The zero-order valence-corrected chi connectivity index (χ0v) is 11.9. The van der Waals surface area contributed by atoms with E-state index in [-0.39, 0.29) is 11.4 Å². The van der Waals surface area contributed by atoms with Gasteiger partial charge in [-0.1, -0.05) is 22.0 Å². The molecule has 0 fully saturated rings. The number of carbonyl (C=O) groups is 1. The van der Waals surface area contributed by atoms with Crippen LogP contribution in [0.1, 0.15) is 15.9 Å².